The number of halogens is 3. The topological polar surface area (TPSA) is 71.1 Å². The molecule has 0 saturated carbocycles. The van der Waals surface area contributed by atoms with Crippen molar-refractivity contribution in [3.63, 3.8) is 0 Å². The molecule has 0 aliphatic rings. The molecule has 5 nitrogen and oxygen atoms in total. The molecule has 1 aromatic rings. The molecule has 2 amide bonds. The highest BCUT2D eigenvalue weighted by molar-refractivity contribution is 5.97. The second-order valence-corrected chi connectivity index (χ2v) is 4.42. The van der Waals surface area contributed by atoms with Crippen molar-refractivity contribution < 1.29 is 22.8 Å². The van der Waals surface area contributed by atoms with Gasteiger partial charge in [-0.15, -0.1) is 0 Å². The fourth-order valence-electron chi connectivity index (χ4n) is 1.41. The van der Waals surface area contributed by atoms with E-state index in [1.54, 1.807) is 11.4 Å². The van der Waals surface area contributed by atoms with Crippen molar-refractivity contribution in [3.05, 3.63) is 24.5 Å². The van der Waals surface area contributed by atoms with Gasteiger partial charge in [-0.2, -0.15) is 13.2 Å². The average molecular weight is 289 g/mol. The van der Waals surface area contributed by atoms with E-state index < -0.39 is 30.0 Å². The number of amides is 2. The van der Waals surface area contributed by atoms with Gasteiger partial charge in [0.2, 0.25) is 5.91 Å². The van der Waals surface area contributed by atoms with Crippen molar-refractivity contribution in [1.29, 1.82) is 0 Å². The summed E-state index contributed by atoms with van der Waals surface area (Å²) in [4.78, 5) is 26.6. The van der Waals surface area contributed by atoms with E-state index in [1.165, 1.54) is 32.3 Å². The lowest BCUT2D eigenvalue weighted by atomic mass is 10.0. The number of pyridine rings is 1. The van der Waals surface area contributed by atoms with Gasteiger partial charge in [0.25, 0.3) is 0 Å². The van der Waals surface area contributed by atoms with E-state index in [4.69, 9.17) is 0 Å². The van der Waals surface area contributed by atoms with E-state index in [2.05, 4.69) is 10.3 Å². The third-order valence-corrected chi connectivity index (χ3v) is 2.42. The fraction of sp³-hybridized carbons (Fsp3) is 0.417. The molecule has 20 heavy (non-hydrogen) atoms. The largest absolute Gasteiger partial charge is 0.471 e. The SMILES string of the molecule is CC(C)C(NC(=O)C(F)(F)F)C(=O)Nc1cccnc1. The molecular formula is C12H14F3N3O2. The zero-order valence-electron chi connectivity index (χ0n) is 10.9. The normalized spacial score (nSPS) is 12.9. The maximum absolute atomic E-state index is 12.2. The van der Waals surface area contributed by atoms with E-state index in [9.17, 15) is 22.8 Å². The lowest BCUT2D eigenvalue weighted by Crippen LogP contribution is -2.51. The van der Waals surface area contributed by atoms with Crippen molar-refractivity contribution in [2.45, 2.75) is 26.1 Å². The molecule has 0 aromatic carbocycles. The Labute approximate surface area is 113 Å². The second kappa shape index (κ2) is 6.36. The predicted molar refractivity (Wildman–Crippen MR) is 65.7 cm³/mol. The molecule has 1 aromatic heterocycles. The molecule has 110 valence electrons. The van der Waals surface area contributed by atoms with Gasteiger partial charge in [0.05, 0.1) is 11.9 Å². The monoisotopic (exact) mass is 289 g/mol. The Morgan fingerprint density at radius 1 is 1.30 bits per heavy atom. The summed E-state index contributed by atoms with van der Waals surface area (Å²) in [6, 6.07) is 1.81. The maximum Gasteiger partial charge on any atom is 0.471 e. The molecule has 0 fully saturated rings. The second-order valence-electron chi connectivity index (χ2n) is 4.42. The number of nitrogens with one attached hydrogen (secondary N) is 2. The van der Waals surface area contributed by atoms with Gasteiger partial charge in [0.15, 0.2) is 0 Å². The molecule has 1 atom stereocenters. The van der Waals surface area contributed by atoms with Crippen molar-refractivity contribution in [2.24, 2.45) is 5.92 Å². The van der Waals surface area contributed by atoms with Crippen LogP contribution in [0.5, 0.6) is 0 Å². The first-order valence-electron chi connectivity index (χ1n) is 5.80. The van der Waals surface area contributed by atoms with Crippen LogP contribution in [-0.2, 0) is 9.59 Å². The third-order valence-electron chi connectivity index (χ3n) is 2.42. The predicted octanol–water partition coefficient (Wildman–Crippen LogP) is 1.72. The zero-order valence-corrected chi connectivity index (χ0v) is 10.9. The van der Waals surface area contributed by atoms with Crippen LogP contribution < -0.4 is 10.6 Å². The average Bonchev–Trinajstić information content (AvgIpc) is 2.35. The van der Waals surface area contributed by atoms with Crippen molar-refractivity contribution in [2.75, 3.05) is 5.32 Å². The van der Waals surface area contributed by atoms with Gasteiger partial charge < -0.3 is 10.6 Å². The Bertz CT molecular complexity index is 475. The Morgan fingerprint density at radius 3 is 2.40 bits per heavy atom. The van der Waals surface area contributed by atoms with Crippen LogP contribution in [0.25, 0.3) is 0 Å². The number of anilines is 1. The van der Waals surface area contributed by atoms with Crippen LogP contribution in [0.2, 0.25) is 0 Å². The summed E-state index contributed by atoms with van der Waals surface area (Å²) in [5.41, 5.74) is 0.337. The minimum Gasteiger partial charge on any atom is -0.336 e. The number of aromatic nitrogens is 1. The van der Waals surface area contributed by atoms with Crippen LogP contribution >= 0.6 is 0 Å². The zero-order chi connectivity index (χ0) is 15.3. The molecule has 0 bridgehead atoms. The highest BCUT2D eigenvalue weighted by Crippen LogP contribution is 2.16. The first kappa shape index (κ1) is 15.9. The number of nitrogens with zero attached hydrogens (tertiary/aromatic N) is 1. The van der Waals surface area contributed by atoms with Gasteiger partial charge in [-0.25, -0.2) is 0 Å². The summed E-state index contributed by atoms with van der Waals surface area (Å²) < 4.78 is 36.6. The van der Waals surface area contributed by atoms with Gasteiger partial charge >= 0.3 is 12.1 Å². The van der Waals surface area contributed by atoms with Crippen LogP contribution in [0.1, 0.15) is 13.8 Å². The van der Waals surface area contributed by atoms with E-state index in [0.29, 0.717) is 5.69 Å². The Morgan fingerprint density at radius 2 is 1.95 bits per heavy atom. The summed E-state index contributed by atoms with van der Waals surface area (Å²) in [5, 5.41) is 4.08. The number of rotatable bonds is 4. The van der Waals surface area contributed by atoms with Crippen molar-refractivity contribution in [3.8, 4) is 0 Å². The van der Waals surface area contributed by atoms with Gasteiger partial charge in [-0.1, -0.05) is 13.8 Å². The Kier molecular flexibility index (Phi) is 5.06. The molecule has 0 radical (unpaired) electrons. The number of carbonyl (C=O) groups excluding carboxylic acids is 2. The number of alkyl halides is 3. The Hall–Kier alpha value is -2.12. The van der Waals surface area contributed by atoms with Crippen molar-refractivity contribution in [1.82, 2.24) is 10.3 Å². The van der Waals surface area contributed by atoms with Crippen LogP contribution in [0.4, 0.5) is 18.9 Å². The van der Waals surface area contributed by atoms with Crippen molar-refractivity contribution >= 4 is 17.5 Å². The molecule has 1 heterocycles. The van der Waals surface area contributed by atoms with E-state index in [-0.39, 0.29) is 0 Å². The van der Waals surface area contributed by atoms with Gasteiger partial charge in [-0.05, 0) is 18.1 Å². The fourth-order valence-corrected chi connectivity index (χ4v) is 1.41. The maximum atomic E-state index is 12.2. The lowest BCUT2D eigenvalue weighted by molar-refractivity contribution is -0.175. The molecule has 8 heteroatoms. The summed E-state index contributed by atoms with van der Waals surface area (Å²) in [6.07, 6.45) is -2.19. The van der Waals surface area contributed by atoms with E-state index in [1.807, 2.05) is 0 Å². The Balaban J connectivity index is 2.76. The number of carbonyl (C=O) groups is 2. The molecule has 2 N–H and O–H groups in total. The lowest BCUT2D eigenvalue weighted by Gasteiger charge is -2.22. The molecule has 1 rings (SSSR count). The summed E-state index contributed by atoms with van der Waals surface area (Å²) >= 11 is 0. The minimum atomic E-state index is -5.03. The van der Waals surface area contributed by atoms with Crippen LogP contribution in [0.3, 0.4) is 0 Å². The van der Waals surface area contributed by atoms with Crippen LogP contribution in [0.15, 0.2) is 24.5 Å². The van der Waals surface area contributed by atoms with Crippen LogP contribution in [-0.4, -0.2) is 29.0 Å². The van der Waals surface area contributed by atoms with E-state index in [0.717, 1.165) is 0 Å². The number of hydrogen-bond donors (Lipinski definition) is 2. The molecule has 1 unspecified atom stereocenters. The highest BCUT2D eigenvalue weighted by Gasteiger charge is 2.41. The molecule has 0 spiro atoms. The summed E-state index contributed by atoms with van der Waals surface area (Å²) in [7, 11) is 0. The minimum absolute atomic E-state index is 0.337. The van der Waals surface area contributed by atoms with Gasteiger partial charge in [-0.3, -0.25) is 14.6 Å². The van der Waals surface area contributed by atoms with Gasteiger partial charge in [0.1, 0.15) is 6.04 Å². The summed E-state index contributed by atoms with van der Waals surface area (Å²) in [6.45, 7) is 3.06. The number of hydrogen-bond acceptors (Lipinski definition) is 3. The first-order chi connectivity index (χ1) is 9.21. The standard InChI is InChI=1S/C12H14F3N3O2/c1-7(2)9(18-11(20)12(13,14)15)10(19)17-8-4-3-5-16-6-8/h3-7,9H,1-2H3,(H,17,19)(H,18,20). The first-order valence-corrected chi connectivity index (χ1v) is 5.80. The quantitative estimate of drug-likeness (QED) is 0.886. The van der Waals surface area contributed by atoms with E-state index >= 15 is 0 Å². The third kappa shape index (κ3) is 4.52. The smallest absolute Gasteiger partial charge is 0.336 e. The molecule has 0 saturated heterocycles. The molecule has 0 aliphatic heterocycles. The molecule has 0 aliphatic carbocycles. The van der Waals surface area contributed by atoms with Gasteiger partial charge in [0, 0.05) is 6.20 Å². The highest BCUT2D eigenvalue weighted by atomic mass is 19.4. The molecular weight excluding hydrogens is 275 g/mol. The van der Waals surface area contributed by atoms with Crippen LogP contribution in [0, 0.1) is 5.92 Å². The summed E-state index contributed by atoms with van der Waals surface area (Å²) in [5.74, 6) is -3.37.